The molecule has 0 saturated carbocycles. The van der Waals surface area contributed by atoms with Crippen LogP contribution in [0.25, 0.3) is 0 Å². The van der Waals surface area contributed by atoms with Crippen LogP contribution in [0.2, 0.25) is 5.02 Å². The van der Waals surface area contributed by atoms with Gasteiger partial charge in [0, 0.05) is 17.6 Å². The highest BCUT2D eigenvalue weighted by Crippen LogP contribution is 2.13. The van der Waals surface area contributed by atoms with Gasteiger partial charge in [0.15, 0.2) is 0 Å². The van der Waals surface area contributed by atoms with E-state index in [9.17, 15) is 0 Å². The van der Waals surface area contributed by atoms with Crippen molar-refractivity contribution in [1.29, 1.82) is 0 Å². The topological polar surface area (TPSA) is 18.5 Å². The monoisotopic (exact) mass is 351 g/mol. The zero-order chi connectivity index (χ0) is 17.2. The zero-order valence-electron chi connectivity index (χ0n) is 15.4. The Morgan fingerprint density at radius 2 is 1.79 bits per heavy atom. The lowest BCUT2D eigenvalue weighted by molar-refractivity contribution is 0.198. The minimum Gasteiger partial charge on any atom is -0.314 e. The van der Waals surface area contributed by atoms with Crippen molar-refractivity contribution >= 4 is 11.6 Å². The van der Waals surface area contributed by atoms with Crippen LogP contribution < -0.4 is 5.32 Å². The van der Waals surface area contributed by atoms with E-state index in [0.29, 0.717) is 6.04 Å². The van der Waals surface area contributed by atoms with Crippen molar-refractivity contribution in [3.8, 4) is 0 Å². The first kappa shape index (κ1) is 19.7. The Morgan fingerprint density at radius 1 is 1.12 bits per heavy atom. The van der Waals surface area contributed by atoms with Crippen LogP contribution in [0.3, 0.4) is 0 Å². The molecule has 0 aliphatic carbocycles. The van der Waals surface area contributed by atoms with E-state index in [2.05, 4.69) is 41.1 Å². The van der Waals surface area contributed by atoms with Crippen molar-refractivity contribution in [3.05, 3.63) is 34.9 Å². The molecule has 1 heterocycles. The summed E-state index contributed by atoms with van der Waals surface area (Å²) in [5.41, 5.74) is 1.39. The van der Waals surface area contributed by atoms with Gasteiger partial charge in [0.25, 0.3) is 0 Å². The molecule has 136 valence electrons. The second-order valence-electron chi connectivity index (χ2n) is 6.83. The number of hydrogen-bond donors (Lipinski definition) is 1. The van der Waals surface area contributed by atoms with E-state index in [1.54, 1.807) is 0 Å². The maximum Gasteiger partial charge on any atom is 0.0406 e. The highest BCUT2D eigenvalue weighted by atomic mass is 35.5. The van der Waals surface area contributed by atoms with Crippen LogP contribution in [0, 0.1) is 0 Å². The fourth-order valence-electron chi connectivity index (χ4n) is 3.45. The first-order chi connectivity index (χ1) is 11.7. The molecular formula is C20H34ClN3. The van der Waals surface area contributed by atoms with E-state index >= 15 is 0 Å². The number of halogens is 1. The van der Waals surface area contributed by atoms with Crippen molar-refractivity contribution < 1.29 is 0 Å². The molecule has 0 unspecified atom stereocenters. The van der Waals surface area contributed by atoms with Crippen LogP contribution in [0.15, 0.2) is 24.3 Å². The molecular weight excluding hydrogens is 318 g/mol. The summed E-state index contributed by atoms with van der Waals surface area (Å²) in [5.74, 6) is 0. The standard InChI is InChI=1S/C20H34ClN3/c1-3-23(4-2)14-5-13-22-20-11-16-24(17-12-20)15-10-18-6-8-19(21)9-7-18/h6-9,20,22H,3-5,10-17H2,1-2H3. The molecule has 1 N–H and O–H groups in total. The maximum absolute atomic E-state index is 5.94. The normalized spacial score (nSPS) is 16.8. The molecule has 1 aliphatic rings. The van der Waals surface area contributed by atoms with Gasteiger partial charge in [-0.2, -0.15) is 0 Å². The second kappa shape index (κ2) is 11.1. The lowest BCUT2D eigenvalue weighted by atomic mass is 10.0. The third-order valence-electron chi connectivity index (χ3n) is 5.20. The average Bonchev–Trinajstić information content (AvgIpc) is 2.62. The van der Waals surface area contributed by atoms with E-state index in [1.165, 1.54) is 57.5 Å². The Balaban J connectivity index is 1.55. The van der Waals surface area contributed by atoms with Crippen LogP contribution in [0.1, 0.15) is 38.7 Å². The summed E-state index contributed by atoms with van der Waals surface area (Å²) < 4.78 is 0. The minimum absolute atomic E-state index is 0.716. The molecule has 24 heavy (non-hydrogen) atoms. The number of hydrogen-bond acceptors (Lipinski definition) is 3. The highest BCUT2D eigenvalue weighted by molar-refractivity contribution is 6.30. The fourth-order valence-corrected chi connectivity index (χ4v) is 3.57. The second-order valence-corrected chi connectivity index (χ2v) is 7.26. The molecule has 2 rings (SSSR count). The maximum atomic E-state index is 5.94. The predicted molar refractivity (Wildman–Crippen MR) is 105 cm³/mol. The summed E-state index contributed by atoms with van der Waals surface area (Å²) in [5, 5.41) is 4.58. The molecule has 4 heteroatoms. The van der Waals surface area contributed by atoms with Gasteiger partial charge in [-0.25, -0.2) is 0 Å². The zero-order valence-corrected chi connectivity index (χ0v) is 16.2. The van der Waals surface area contributed by atoms with Gasteiger partial charge in [-0.15, -0.1) is 0 Å². The fraction of sp³-hybridized carbons (Fsp3) is 0.700. The van der Waals surface area contributed by atoms with Crippen molar-refractivity contribution in [2.75, 3.05) is 45.8 Å². The van der Waals surface area contributed by atoms with Crippen molar-refractivity contribution in [3.63, 3.8) is 0 Å². The third-order valence-corrected chi connectivity index (χ3v) is 5.45. The largest absolute Gasteiger partial charge is 0.314 e. The Bertz CT molecular complexity index is 437. The Labute approximate surface area is 153 Å². The van der Waals surface area contributed by atoms with Crippen LogP contribution in [-0.2, 0) is 6.42 Å². The third kappa shape index (κ3) is 7.10. The molecule has 0 atom stereocenters. The van der Waals surface area contributed by atoms with Gasteiger partial charge in [-0.1, -0.05) is 37.6 Å². The predicted octanol–water partition coefficient (Wildman–Crippen LogP) is 3.67. The molecule has 0 spiro atoms. The molecule has 1 aromatic carbocycles. The number of benzene rings is 1. The molecule has 1 aromatic rings. The quantitative estimate of drug-likeness (QED) is 0.649. The smallest absolute Gasteiger partial charge is 0.0406 e. The van der Waals surface area contributed by atoms with Gasteiger partial charge in [0.2, 0.25) is 0 Å². The van der Waals surface area contributed by atoms with Gasteiger partial charge < -0.3 is 15.1 Å². The van der Waals surface area contributed by atoms with Gasteiger partial charge in [0.05, 0.1) is 0 Å². The molecule has 1 aliphatic heterocycles. The van der Waals surface area contributed by atoms with E-state index in [-0.39, 0.29) is 0 Å². The first-order valence-electron chi connectivity index (χ1n) is 9.63. The van der Waals surface area contributed by atoms with Gasteiger partial charge in [0.1, 0.15) is 0 Å². The number of piperidine rings is 1. The average molecular weight is 352 g/mol. The van der Waals surface area contributed by atoms with Crippen molar-refractivity contribution in [1.82, 2.24) is 15.1 Å². The summed E-state index contributed by atoms with van der Waals surface area (Å²) in [4.78, 5) is 5.10. The van der Waals surface area contributed by atoms with Crippen LogP contribution >= 0.6 is 11.6 Å². The summed E-state index contributed by atoms with van der Waals surface area (Å²) in [6.07, 6.45) is 4.95. The van der Waals surface area contributed by atoms with E-state index < -0.39 is 0 Å². The Hall–Kier alpha value is -0.610. The van der Waals surface area contributed by atoms with Crippen LogP contribution in [0.5, 0.6) is 0 Å². The Morgan fingerprint density at radius 3 is 2.42 bits per heavy atom. The molecule has 0 aromatic heterocycles. The van der Waals surface area contributed by atoms with E-state index in [4.69, 9.17) is 11.6 Å². The number of nitrogens with zero attached hydrogens (tertiary/aromatic N) is 2. The van der Waals surface area contributed by atoms with Gasteiger partial charge >= 0.3 is 0 Å². The SMILES string of the molecule is CCN(CC)CCCNC1CCN(CCc2ccc(Cl)cc2)CC1. The minimum atomic E-state index is 0.716. The van der Waals surface area contributed by atoms with Gasteiger partial charge in [-0.3, -0.25) is 0 Å². The molecule has 0 amide bonds. The van der Waals surface area contributed by atoms with Crippen molar-refractivity contribution in [2.45, 2.75) is 45.6 Å². The highest BCUT2D eigenvalue weighted by Gasteiger charge is 2.18. The van der Waals surface area contributed by atoms with Crippen LogP contribution in [-0.4, -0.2) is 61.7 Å². The number of rotatable bonds is 10. The summed E-state index contributed by atoms with van der Waals surface area (Å²) >= 11 is 5.94. The molecule has 3 nitrogen and oxygen atoms in total. The lowest BCUT2D eigenvalue weighted by Crippen LogP contribution is -2.43. The molecule has 0 radical (unpaired) electrons. The van der Waals surface area contributed by atoms with Crippen LogP contribution in [0.4, 0.5) is 0 Å². The summed E-state index contributed by atoms with van der Waals surface area (Å²) in [7, 11) is 0. The van der Waals surface area contributed by atoms with Crippen molar-refractivity contribution in [2.24, 2.45) is 0 Å². The van der Waals surface area contributed by atoms with Gasteiger partial charge in [-0.05, 0) is 82.6 Å². The molecule has 0 bridgehead atoms. The summed E-state index contributed by atoms with van der Waals surface area (Å²) in [6, 6.07) is 8.99. The Kier molecular flexibility index (Phi) is 9.11. The van der Waals surface area contributed by atoms with E-state index in [1.807, 2.05) is 12.1 Å². The number of nitrogens with one attached hydrogen (secondary N) is 1. The van der Waals surface area contributed by atoms with E-state index in [0.717, 1.165) is 24.5 Å². The number of likely N-dealkylation sites (tertiary alicyclic amines) is 1. The summed E-state index contributed by atoms with van der Waals surface area (Å²) in [6.45, 7) is 12.8. The first-order valence-corrected chi connectivity index (χ1v) is 10.0. The lowest BCUT2D eigenvalue weighted by Gasteiger charge is -2.32. The molecule has 1 saturated heterocycles. The molecule has 1 fully saturated rings.